The number of thiazole rings is 1. The van der Waals surface area contributed by atoms with E-state index in [-0.39, 0.29) is 0 Å². The zero-order valence-electron chi connectivity index (χ0n) is 9.85. The summed E-state index contributed by atoms with van der Waals surface area (Å²) >= 11 is 1.52. The highest BCUT2D eigenvalue weighted by Gasteiger charge is 2.21. The summed E-state index contributed by atoms with van der Waals surface area (Å²) in [6, 6.07) is 0. The van der Waals surface area contributed by atoms with Crippen LogP contribution in [0.2, 0.25) is 0 Å². The van der Waals surface area contributed by atoms with Gasteiger partial charge in [-0.05, 0) is 13.8 Å². The lowest BCUT2D eigenvalue weighted by molar-refractivity contribution is -0.0675. The molecular formula is C11H19N3OS. The van der Waals surface area contributed by atoms with Crippen LogP contribution in [0.25, 0.3) is 0 Å². The number of nitrogens with two attached hydrogens (primary N) is 1. The van der Waals surface area contributed by atoms with Crippen LogP contribution in [0.1, 0.15) is 19.5 Å². The summed E-state index contributed by atoms with van der Waals surface area (Å²) in [6.07, 6.45) is 1.65. The molecule has 0 bridgehead atoms. The first-order chi connectivity index (χ1) is 7.63. The van der Waals surface area contributed by atoms with Crippen molar-refractivity contribution in [1.29, 1.82) is 0 Å². The largest absolute Gasteiger partial charge is 0.375 e. The number of nitrogen functional groups attached to an aromatic ring is 1. The zero-order chi connectivity index (χ0) is 11.5. The first-order valence-corrected chi connectivity index (χ1v) is 6.59. The van der Waals surface area contributed by atoms with Gasteiger partial charge in [-0.1, -0.05) is 0 Å². The van der Waals surface area contributed by atoms with Gasteiger partial charge < -0.3 is 10.5 Å². The molecule has 2 heterocycles. The molecule has 0 amide bonds. The van der Waals surface area contributed by atoms with Crippen LogP contribution >= 0.6 is 11.3 Å². The summed E-state index contributed by atoms with van der Waals surface area (Å²) in [5.74, 6) is 0. The number of anilines is 1. The molecule has 0 aromatic carbocycles. The van der Waals surface area contributed by atoms with Crippen molar-refractivity contribution in [2.45, 2.75) is 32.5 Å². The van der Waals surface area contributed by atoms with Gasteiger partial charge in [0.05, 0.1) is 17.9 Å². The molecule has 1 fully saturated rings. The molecule has 2 rings (SSSR count). The topological polar surface area (TPSA) is 51.4 Å². The smallest absolute Gasteiger partial charge is 0.180 e. The summed E-state index contributed by atoms with van der Waals surface area (Å²) in [5.41, 5.74) is 6.71. The summed E-state index contributed by atoms with van der Waals surface area (Å²) in [6.45, 7) is 7.34. The fourth-order valence-corrected chi connectivity index (χ4v) is 2.77. The molecule has 2 unspecified atom stereocenters. The van der Waals surface area contributed by atoms with Gasteiger partial charge in [-0.25, -0.2) is 4.98 Å². The molecule has 1 aromatic rings. The number of hydrogen-bond donors (Lipinski definition) is 1. The predicted molar refractivity (Wildman–Crippen MR) is 66.7 cm³/mol. The van der Waals surface area contributed by atoms with E-state index in [2.05, 4.69) is 23.7 Å². The molecule has 2 atom stereocenters. The number of ether oxygens (including phenoxy) is 1. The van der Waals surface area contributed by atoms with Crippen LogP contribution in [0.4, 0.5) is 5.13 Å². The van der Waals surface area contributed by atoms with Crippen molar-refractivity contribution >= 4 is 16.5 Å². The molecule has 90 valence electrons. The van der Waals surface area contributed by atoms with Gasteiger partial charge in [0, 0.05) is 31.4 Å². The maximum Gasteiger partial charge on any atom is 0.180 e. The van der Waals surface area contributed by atoms with Gasteiger partial charge >= 0.3 is 0 Å². The lowest BCUT2D eigenvalue weighted by Gasteiger charge is -2.35. The summed E-state index contributed by atoms with van der Waals surface area (Å²) < 4.78 is 5.70. The van der Waals surface area contributed by atoms with E-state index >= 15 is 0 Å². The van der Waals surface area contributed by atoms with Gasteiger partial charge in [0.1, 0.15) is 0 Å². The van der Waals surface area contributed by atoms with Crippen LogP contribution in [-0.2, 0) is 11.2 Å². The maximum atomic E-state index is 5.70. The quantitative estimate of drug-likeness (QED) is 0.868. The lowest BCUT2D eigenvalue weighted by atomic mass is 10.2. The van der Waals surface area contributed by atoms with Crippen molar-refractivity contribution in [3.05, 3.63) is 11.1 Å². The average molecular weight is 241 g/mol. The van der Waals surface area contributed by atoms with Crippen molar-refractivity contribution in [1.82, 2.24) is 9.88 Å². The van der Waals surface area contributed by atoms with Crippen LogP contribution < -0.4 is 5.73 Å². The van der Waals surface area contributed by atoms with Crippen LogP contribution in [0, 0.1) is 0 Å². The SMILES string of the molecule is CC1CN(CCc2csc(N)n2)CC(C)O1. The predicted octanol–water partition coefficient (Wildman–Crippen LogP) is 1.38. The average Bonchev–Trinajstić information content (AvgIpc) is 2.60. The van der Waals surface area contributed by atoms with E-state index in [9.17, 15) is 0 Å². The summed E-state index contributed by atoms with van der Waals surface area (Å²) in [4.78, 5) is 6.71. The number of morpholine rings is 1. The molecular weight excluding hydrogens is 222 g/mol. The second-order valence-electron chi connectivity index (χ2n) is 4.44. The minimum atomic E-state index is 0.337. The van der Waals surface area contributed by atoms with E-state index in [1.165, 1.54) is 11.3 Å². The minimum absolute atomic E-state index is 0.337. The van der Waals surface area contributed by atoms with E-state index in [1.807, 2.05) is 5.38 Å². The Kier molecular flexibility index (Phi) is 3.78. The molecule has 5 heteroatoms. The van der Waals surface area contributed by atoms with Crippen molar-refractivity contribution in [3.8, 4) is 0 Å². The van der Waals surface area contributed by atoms with Crippen molar-refractivity contribution in [2.75, 3.05) is 25.4 Å². The zero-order valence-corrected chi connectivity index (χ0v) is 10.7. The van der Waals surface area contributed by atoms with Gasteiger partial charge in [-0.15, -0.1) is 11.3 Å². The fraction of sp³-hybridized carbons (Fsp3) is 0.727. The Morgan fingerprint density at radius 3 is 2.75 bits per heavy atom. The molecule has 0 spiro atoms. The third-order valence-electron chi connectivity index (χ3n) is 2.75. The van der Waals surface area contributed by atoms with Crippen LogP contribution in [0.15, 0.2) is 5.38 Å². The van der Waals surface area contributed by atoms with Crippen LogP contribution in [0.5, 0.6) is 0 Å². The van der Waals surface area contributed by atoms with Crippen LogP contribution in [-0.4, -0.2) is 41.7 Å². The highest BCUT2D eigenvalue weighted by atomic mass is 32.1. The number of aromatic nitrogens is 1. The van der Waals surface area contributed by atoms with E-state index < -0.39 is 0 Å². The second kappa shape index (κ2) is 5.12. The summed E-state index contributed by atoms with van der Waals surface area (Å²) in [7, 11) is 0. The Labute approximate surface area is 100 Å². The van der Waals surface area contributed by atoms with E-state index in [1.54, 1.807) is 0 Å². The van der Waals surface area contributed by atoms with E-state index in [0.29, 0.717) is 17.3 Å². The molecule has 1 aliphatic heterocycles. The Bertz CT molecular complexity index is 332. The Morgan fingerprint density at radius 1 is 1.50 bits per heavy atom. The molecule has 1 saturated heterocycles. The van der Waals surface area contributed by atoms with Gasteiger partial charge in [0.15, 0.2) is 5.13 Å². The van der Waals surface area contributed by atoms with Gasteiger partial charge in [-0.2, -0.15) is 0 Å². The Balaban J connectivity index is 1.81. The van der Waals surface area contributed by atoms with Crippen LogP contribution in [0.3, 0.4) is 0 Å². The maximum absolute atomic E-state index is 5.70. The molecule has 2 N–H and O–H groups in total. The van der Waals surface area contributed by atoms with Gasteiger partial charge in [0.2, 0.25) is 0 Å². The fourth-order valence-electron chi connectivity index (χ4n) is 2.18. The molecule has 0 aliphatic carbocycles. The minimum Gasteiger partial charge on any atom is -0.375 e. The monoisotopic (exact) mass is 241 g/mol. The van der Waals surface area contributed by atoms with Crippen molar-refractivity contribution in [3.63, 3.8) is 0 Å². The third kappa shape index (κ3) is 3.17. The molecule has 16 heavy (non-hydrogen) atoms. The van der Waals surface area contributed by atoms with Gasteiger partial charge in [-0.3, -0.25) is 4.90 Å². The van der Waals surface area contributed by atoms with Crippen molar-refractivity contribution in [2.24, 2.45) is 0 Å². The van der Waals surface area contributed by atoms with E-state index in [0.717, 1.165) is 31.7 Å². The lowest BCUT2D eigenvalue weighted by Crippen LogP contribution is -2.46. The highest BCUT2D eigenvalue weighted by molar-refractivity contribution is 7.13. The first kappa shape index (κ1) is 11.8. The molecule has 4 nitrogen and oxygen atoms in total. The Hall–Kier alpha value is -0.650. The second-order valence-corrected chi connectivity index (χ2v) is 5.33. The molecule has 1 aromatic heterocycles. The highest BCUT2D eigenvalue weighted by Crippen LogP contribution is 2.14. The van der Waals surface area contributed by atoms with Crippen molar-refractivity contribution < 1.29 is 4.74 Å². The molecule has 0 saturated carbocycles. The van der Waals surface area contributed by atoms with E-state index in [4.69, 9.17) is 10.5 Å². The number of rotatable bonds is 3. The first-order valence-electron chi connectivity index (χ1n) is 5.71. The Morgan fingerprint density at radius 2 is 2.19 bits per heavy atom. The molecule has 0 radical (unpaired) electrons. The molecule has 1 aliphatic rings. The third-order valence-corrected chi connectivity index (χ3v) is 3.47. The number of nitrogens with zero attached hydrogens (tertiary/aromatic N) is 2. The van der Waals surface area contributed by atoms with Gasteiger partial charge in [0.25, 0.3) is 0 Å². The number of hydrogen-bond acceptors (Lipinski definition) is 5. The standard InChI is InChI=1S/C11H19N3OS/c1-8-5-14(6-9(2)15-8)4-3-10-7-16-11(12)13-10/h7-9H,3-6H2,1-2H3,(H2,12,13). The summed E-state index contributed by atoms with van der Waals surface area (Å²) in [5, 5.41) is 2.71. The normalized spacial score (nSPS) is 27.1.